The molecule has 1 aromatic carbocycles. The van der Waals surface area contributed by atoms with Gasteiger partial charge in [0.05, 0.1) is 12.1 Å². The molecule has 4 heteroatoms. The molecule has 1 aromatic rings. The Morgan fingerprint density at radius 1 is 1.41 bits per heavy atom. The summed E-state index contributed by atoms with van der Waals surface area (Å²) in [7, 11) is 1.83. The number of hydrogen-bond acceptors (Lipinski definition) is 2. The SMILES string of the molecule is CN(CC(=O)c1cc(F)ccc1F)CC1CC1. The molecule has 0 N–H and O–H groups in total. The van der Waals surface area contributed by atoms with Gasteiger partial charge in [0.1, 0.15) is 11.6 Å². The smallest absolute Gasteiger partial charge is 0.179 e. The number of rotatable bonds is 5. The molecule has 0 spiro atoms. The summed E-state index contributed by atoms with van der Waals surface area (Å²) in [5, 5.41) is 0. The molecule has 2 nitrogen and oxygen atoms in total. The standard InChI is InChI=1S/C13H15F2NO/c1-16(7-9-2-3-9)8-13(17)11-6-10(14)4-5-12(11)15/h4-6,9H,2-3,7-8H2,1H3. The first-order valence-corrected chi connectivity index (χ1v) is 5.73. The molecule has 1 saturated carbocycles. The molecule has 1 aliphatic rings. The van der Waals surface area contributed by atoms with E-state index < -0.39 is 11.6 Å². The van der Waals surface area contributed by atoms with Gasteiger partial charge >= 0.3 is 0 Å². The molecular formula is C13H15F2NO. The zero-order chi connectivity index (χ0) is 12.4. The number of Topliss-reactive ketones (excluding diaryl/α,β-unsaturated/α-hetero) is 1. The van der Waals surface area contributed by atoms with Crippen LogP contribution in [0.5, 0.6) is 0 Å². The summed E-state index contributed by atoms with van der Waals surface area (Å²) < 4.78 is 26.3. The van der Waals surface area contributed by atoms with Crippen molar-refractivity contribution in [2.45, 2.75) is 12.8 Å². The Labute approximate surface area is 99.2 Å². The number of carbonyl (C=O) groups is 1. The maximum atomic E-state index is 13.3. The molecule has 0 unspecified atom stereocenters. The second-order valence-corrected chi connectivity index (χ2v) is 4.69. The second-order valence-electron chi connectivity index (χ2n) is 4.69. The molecule has 2 rings (SSSR count). The van der Waals surface area contributed by atoms with Crippen molar-refractivity contribution in [3.63, 3.8) is 0 Å². The fourth-order valence-electron chi connectivity index (χ4n) is 1.85. The zero-order valence-corrected chi connectivity index (χ0v) is 9.75. The van der Waals surface area contributed by atoms with E-state index in [1.807, 2.05) is 11.9 Å². The molecule has 0 aromatic heterocycles. The van der Waals surface area contributed by atoms with Crippen LogP contribution in [0.15, 0.2) is 18.2 Å². The predicted molar refractivity (Wildman–Crippen MR) is 60.9 cm³/mol. The van der Waals surface area contributed by atoms with Gasteiger partial charge in [-0.1, -0.05) is 0 Å². The summed E-state index contributed by atoms with van der Waals surface area (Å²) in [6, 6.07) is 2.96. The maximum absolute atomic E-state index is 13.3. The minimum absolute atomic E-state index is 0.136. The van der Waals surface area contributed by atoms with E-state index in [0.717, 1.165) is 24.7 Å². The molecule has 1 aliphatic carbocycles. The largest absolute Gasteiger partial charge is 0.299 e. The second kappa shape index (κ2) is 4.92. The van der Waals surface area contributed by atoms with Crippen molar-refractivity contribution in [2.75, 3.05) is 20.1 Å². The van der Waals surface area contributed by atoms with Gasteiger partial charge in [-0.15, -0.1) is 0 Å². The van der Waals surface area contributed by atoms with Crippen LogP contribution in [0.3, 0.4) is 0 Å². The number of halogens is 2. The van der Waals surface area contributed by atoms with E-state index in [-0.39, 0.29) is 17.9 Å². The van der Waals surface area contributed by atoms with E-state index in [1.54, 1.807) is 0 Å². The van der Waals surface area contributed by atoms with Crippen molar-refractivity contribution >= 4 is 5.78 Å². The maximum Gasteiger partial charge on any atom is 0.179 e. The molecule has 0 atom stereocenters. The summed E-state index contributed by atoms with van der Waals surface area (Å²) in [6.07, 6.45) is 2.40. The van der Waals surface area contributed by atoms with Crippen LogP contribution in [0.1, 0.15) is 23.2 Å². The highest BCUT2D eigenvalue weighted by Gasteiger charge is 2.24. The van der Waals surface area contributed by atoms with Gasteiger partial charge in [0.2, 0.25) is 0 Å². The molecular weight excluding hydrogens is 224 g/mol. The number of hydrogen-bond donors (Lipinski definition) is 0. The lowest BCUT2D eigenvalue weighted by molar-refractivity contribution is 0.0939. The Kier molecular flexibility index (Phi) is 3.52. The first kappa shape index (κ1) is 12.2. The lowest BCUT2D eigenvalue weighted by atomic mass is 10.1. The average molecular weight is 239 g/mol. The van der Waals surface area contributed by atoms with Crippen LogP contribution < -0.4 is 0 Å². The van der Waals surface area contributed by atoms with Gasteiger partial charge < -0.3 is 0 Å². The molecule has 0 heterocycles. The summed E-state index contributed by atoms with van der Waals surface area (Å²) in [4.78, 5) is 13.6. The van der Waals surface area contributed by atoms with Crippen molar-refractivity contribution in [3.8, 4) is 0 Å². The highest BCUT2D eigenvalue weighted by atomic mass is 19.1. The van der Waals surface area contributed by atoms with Crippen LogP contribution in [0.4, 0.5) is 8.78 Å². The number of benzene rings is 1. The highest BCUT2D eigenvalue weighted by Crippen LogP contribution is 2.29. The fourth-order valence-corrected chi connectivity index (χ4v) is 1.85. The quantitative estimate of drug-likeness (QED) is 0.736. The van der Waals surface area contributed by atoms with Gasteiger partial charge in [-0.2, -0.15) is 0 Å². The minimum Gasteiger partial charge on any atom is -0.299 e. The first-order chi connectivity index (χ1) is 8.06. The van der Waals surface area contributed by atoms with E-state index in [9.17, 15) is 13.6 Å². The van der Waals surface area contributed by atoms with Crippen molar-refractivity contribution in [1.29, 1.82) is 0 Å². The third-order valence-corrected chi connectivity index (χ3v) is 2.91. The molecule has 0 aliphatic heterocycles. The Morgan fingerprint density at radius 2 is 2.12 bits per heavy atom. The highest BCUT2D eigenvalue weighted by molar-refractivity contribution is 5.97. The summed E-state index contributed by atoms with van der Waals surface area (Å²) in [5.74, 6) is -0.939. The van der Waals surface area contributed by atoms with Crippen LogP contribution >= 0.6 is 0 Å². The van der Waals surface area contributed by atoms with Crippen LogP contribution in [-0.4, -0.2) is 30.8 Å². The number of carbonyl (C=O) groups excluding carboxylic acids is 1. The van der Waals surface area contributed by atoms with E-state index in [2.05, 4.69) is 0 Å². The van der Waals surface area contributed by atoms with Gasteiger partial charge in [0, 0.05) is 6.54 Å². The number of ketones is 1. The number of nitrogens with zero attached hydrogens (tertiary/aromatic N) is 1. The van der Waals surface area contributed by atoms with Gasteiger partial charge in [0.15, 0.2) is 5.78 Å². The molecule has 92 valence electrons. The summed E-state index contributed by atoms with van der Waals surface area (Å²) >= 11 is 0. The number of likely N-dealkylation sites (N-methyl/N-ethyl adjacent to an activating group) is 1. The van der Waals surface area contributed by atoms with Crippen molar-refractivity contribution in [3.05, 3.63) is 35.4 Å². The van der Waals surface area contributed by atoms with Crippen LogP contribution in [0.2, 0.25) is 0 Å². The van der Waals surface area contributed by atoms with E-state index in [4.69, 9.17) is 0 Å². The Balaban J connectivity index is 2.00. The minimum atomic E-state index is -0.656. The van der Waals surface area contributed by atoms with Crippen LogP contribution in [-0.2, 0) is 0 Å². The topological polar surface area (TPSA) is 20.3 Å². The van der Waals surface area contributed by atoms with Crippen LogP contribution in [0.25, 0.3) is 0 Å². The first-order valence-electron chi connectivity index (χ1n) is 5.73. The molecule has 0 bridgehead atoms. The molecule has 17 heavy (non-hydrogen) atoms. The van der Waals surface area contributed by atoms with Crippen molar-refractivity contribution in [2.24, 2.45) is 5.92 Å². The normalized spacial score (nSPS) is 15.3. The zero-order valence-electron chi connectivity index (χ0n) is 9.75. The summed E-state index contributed by atoms with van der Waals surface area (Å²) in [5.41, 5.74) is -0.160. The van der Waals surface area contributed by atoms with Gasteiger partial charge in [0.25, 0.3) is 0 Å². The van der Waals surface area contributed by atoms with Gasteiger partial charge in [-0.3, -0.25) is 9.69 Å². The van der Waals surface area contributed by atoms with Crippen molar-refractivity contribution in [1.82, 2.24) is 4.90 Å². The fraction of sp³-hybridized carbons (Fsp3) is 0.462. The molecule has 1 fully saturated rings. The molecule has 0 radical (unpaired) electrons. The third kappa shape index (κ3) is 3.33. The van der Waals surface area contributed by atoms with Crippen molar-refractivity contribution < 1.29 is 13.6 Å². The molecule has 0 saturated heterocycles. The Bertz CT molecular complexity index is 429. The lowest BCUT2D eigenvalue weighted by Gasteiger charge is -2.15. The third-order valence-electron chi connectivity index (χ3n) is 2.91. The van der Waals surface area contributed by atoms with Crippen LogP contribution in [0, 0.1) is 17.6 Å². The van der Waals surface area contributed by atoms with E-state index >= 15 is 0 Å². The average Bonchev–Trinajstić information content (AvgIpc) is 3.05. The lowest BCUT2D eigenvalue weighted by Crippen LogP contribution is -2.28. The van der Waals surface area contributed by atoms with E-state index in [0.29, 0.717) is 5.92 Å². The van der Waals surface area contributed by atoms with E-state index in [1.165, 1.54) is 12.8 Å². The van der Waals surface area contributed by atoms with Gasteiger partial charge in [-0.25, -0.2) is 8.78 Å². The molecule has 0 amide bonds. The Hall–Kier alpha value is -1.29. The monoisotopic (exact) mass is 239 g/mol. The van der Waals surface area contributed by atoms with Gasteiger partial charge in [-0.05, 0) is 44.0 Å². The predicted octanol–water partition coefficient (Wildman–Crippen LogP) is 2.49. The summed E-state index contributed by atoms with van der Waals surface area (Å²) in [6.45, 7) is 0.986. The Morgan fingerprint density at radius 3 is 2.76 bits per heavy atom.